The Bertz CT molecular complexity index is 715. The number of rotatable bonds is 6. The van der Waals surface area contributed by atoms with Gasteiger partial charge in [-0.15, -0.1) is 0 Å². The van der Waals surface area contributed by atoms with E-state index in [-0.39, 0.29) is 18.2 Å². The van der Waals surface area contributed by atoms with Gasteiger partial charge < -0.3 is 18.9 Å². The van der Waals surface area contributed by atoms with Gasteiger partial charge in [0.15, 0.2) is 0 Å². The van der Waals surface area contributed by atoms with E-state index in [4.69, 9.17) is 14.2 Å². The van der Waals surface area contributed by atoms with Gasteiger partial charge in [0.1, 0.15) is 29.7 Å². The van der Waals surface area contributed by atoms with Crippen molar-refractivity contribution in [2.24, 2.45) is 0 Å². The molecule has 0 aromatic heterocycles. The smallest absolute Gasteiger partial charge is 0.493 e. The molecule has 0 unspecified atom stereocenters. The van der Waals surface area contributed by atoms with Crippen LogP contribution >= 0.6 is 0 Å². The Morgan fingerprint density at radius 3 is 2.54 bits per heavy atom. The van der Waals surface area contributed by atoms with Crippen molar-refractivity contribution >= 4 is 6.16 Å². The number of carbonyl (C=O) groups excluding carboxylic acids is 1. The third-order valence-corrected chi connectivity index (χ3v) is 3.28. The van der Waals surface area contributed by atoms with E-state index >= 15 is 0 Å². The first kappa shape index (κ1) is 17.6. The standard InChI is InChI=1S/C18H19FO5/c1-4-22-16-6-5-7-17(24-18(20)21-3)14(16)11-23-13-9-8-12(2)15(19)10-13/h5-10H,4,11H2,1-3H3. The molecule has 24 heavy (non-hydrogen) atoms. The summed E-state index contributed by atoms with van der Waals surface area (Å²) in [5.74, 6) is 0.803. The minimum Gasteiger partial charge on any atom is -0.493 e. The van der Waals surface area contributed by atoms with Gasteiger partial charge in [0.05, 0.1) is 19.3 Å². The van der Waals surface area contributed by atoms with Crippen LogP contribution in [0.1, 0.15) is 18.1 Å². The van der Waals surface area contributed by atoms with E-state index in [1.807, 2.05) is 6.92 Å². The largest absolute Gasteiger partial charge is 0.513 e. The molecule has 0 aliphatic heterocycles. The van der Waals surface area contributed by atoms with Crippen molar-refractivity contribution < 1.29 is 28.1 Å². The van der Waals surface area contributed by atoms with E-state index < -0.39 is 6.16 Å². The number of ether oxygens (including phenoxy) is 4. The fraction of sp³-hybridized carbons (Fsp3) is 0.278. The molecule has 0 N–H and O–H groups in total. The molecule has 0 fully saturated rings. The number of methoxy groups -OCH3 is 1. The van der Waals surface area contributed by atoms with Crippen LogP contribution in [0.15, 0.2) is 36.4 Å². The van der Waals surface area contributed by atoms with Crippen molar-refractivity contribution in [2.75, 3.05) is 13.7 Å². The molecule has 0 atom stereocenters. The molecule has 0 bridgehead atoms. The van der Waals surface area contributed by atoms with Gasteiger partial charge in [-0.25, -0.2) is 9.18 Å². The number of halogens is 1. The predicted octanol–water partition coefficient (Wildman–Crippen LogP) is 4.26. The Morgan fingerprint density at radius 2 is 1.88 bits per heavy atom. The van der Waals surface area contributed by atoms with Gasteiger partial charge in [-0.2, -0.15) is 0 Å². The van der Waals surface area contributed by atoms with E-state index in [0.717, 1.165) is 0 Å². The monoisotopic (exact) mass is 334 g/mol. The van der Waals surface area contributed by atoms with Gasteiger partial charge in [0.2, 0.25) is 0 Å². The number of carbonyl (C=O) groups is 1. The fourth-order valence-corrected chi connectivity index (χ4v) is 2.02. The zero-order valence-electron chi connectivity index (χ0n) is 13.8. The molecule has 0 aliphatic rings. The summed E-state index contributed by atoms with van der Waals surface area (Å²) in [4.78, 5) is 11.4. The van der Waals surface area contributed by atoms with Crippen LogP contribution in [-0.2, 0) is 11.3 Å². The lowest BCUT2D eigenvalue weighted by atomic mass is 10.2. The summed E-state index contributed by atoms with van der Waals surface area (Å²) in [5.41, 5.74) is 1.07. The Hall–Kier alpha value is -2.76. The summed E-state index contributed by atoms with van der Waals surface area (Å²) in [6.45, 7) is 4.00. The molecule has 2 aromatic rings. The van der Waals surface area contributed by atoms with E-state index in [0.29, 0.717) is 29.2 Å². The second-order valence-corrected chi connectivity index (χ2v) is 4.92. The molecule has 128 valence electrons. The molecule has 0 heterocycles. The van der Waals surface area contributed by atoms with Crippen LogP contribution in [0.4, 0.5) is 9.18 Å². The second kappa shape index (κ2) is 8.19. The van der Waals surface area contributed by atoms with Gasteiger partial charge in [0, 0.05) is 6.07 Å². The van der Waals surface area contributed by atoms with Gasteiger partial charge in [-0.1, -0.05) is 12.1 Å². The highest BCUT2D eigenvalue weighted by atomic mass is 19.1. The Morgan fingerprint density at radius 1 is 1.12 bits per heavy atom. The van der Waals surface area contributed by atoms with Crippen LogP contribution in [0.2, 0.25) is 0 Å². The number of hydrogen-bond donors (Lipinski definition) is 0. The molecule has 0 spiro atoms. The summed E-state index contributed by atoms with van der Waals surface area (Å²) in [5, 5.41) is 0. The van der Waals surface area contributed by atoms with E-state index in [1.54, 1.807) is 37.3 Å². The topological polar surface area (TPSA) is 54.0 Å². The van der Waals surface area contributed by atoms with Crippen LogP contribution in [0, 0.1) is 12.7 Å². The molecule has 0 aliphatic carbocycles. The van der Waals surface area contributed by atoms with Crippen molar-refractivity contribution in [1.29, 1.82) is 0 Å². The first-order chi connectivity index (χ1) is 11.5. The molecule has 0 saturated heterocycles. The Kier molecular flexibility index (Phi) is 6.01. The zero-order valence-corrected chi connectivity index (χ0v) is 13.8. The van der Waals surface area contributed by atoms with E-state index in [9.17, 15) is 9.18 Å². The second-order valence-electron chi connectivity index (χ2n) is 4.92. The molecule has 0 radical (unpaired) electrons. The summed E-state index contributed by atoms with van der Waals surface area (Å²) >= 11 is 0. The minimum atomic E-state index is -0.841. The highest BCUT2D eigenvalue weighted by Crippen LogP contribution is 2.30. The van der Waals surface area contributed by atoms with Crippen LogP contribution in [0.5, 0.6) is 17.2 Å². The van der Waals surface area contributed by atoms with Crippen LogP contribution in [0.3, 0.4) is 0 Å². The molecule has 5 nitrogen and oxygen atoms in total. The highest BCUT2D eigenvalue weighted by molar-refractivity contribution is 5.65. The first-order valence-corrected chi connectivity index (χ1v) is 7.44. The highest BCUT2D eigenvalue weighted by Gasteiger charge is 2.15. The molecule has 2 rings (SSSR count). The third kappa shape index (κ3) is 4.38. The van der Waals surface area contributed by atoms with Crippen LogP contribution in [0.25, 0.3) is 0 Å². The Labute approximate surface area is 139 Å². The van der Waals surface area contributed by atoms with Crippen LogP contribution < -0.4 is 14.2 Å². The van der Waals surface area contributed by atoms with Crippen molar-refractivity contribution in [3.63, 3.8) is 0 Å². The minimum absolute atomic E-state index is 0.0466. The zero-order chi connectivity index (χ0) is 17.5. The molecular formula is C18H19FO5. The lowest BCUT2D eigenvalue weighted by molar-refractivity contribution is 0.120. The number of hydrogen-bond acceptors (Lipinski definition) is 5. The van der Waals surface area contributed by atoms with Gasteiger partial charge >= 0.3 is 6.16 Å². The quantitative estimate of drug-likeness (QED) is 0.584. The summed E-state index contributed by atoms with van der Waals surface area (Å²) < 4.78 is 34.4. The van der Waals surface area contributed by atoms with Gasteiger partial charge in [-0.05, 0) is 37.6 Å². The summed E-state index contributed by atoms with van der Waals surface area (Å²) in [7, 11) is 1.22. The molecule has 2 aromatic carbocycles. The third-order valence-electron chi connectivity index (χ3n) is 3.28. The fourth-order valence-electron chi connectivity index (χ4n) is 2.02. The molecular weight excluding hydrogens is 315 g/mol. The molecule has 0 saturated carbocycles. The maximum absolute atomic E-state index is 13.6. The number of benzene rings is 2. The van der Waals surface area contributed by atoms with Gasteiger partial charge in [0.25, 0.3) is 0 Å². The summed E-state index contributed by atoms with van der Waals surface area (Å²) in [6.07, 6.45) is -0.841. The van der Waals surface area contributed by atoms with E-state index in [2.05, 4.69) is 4.74 Å². The predicted molar refractivity (Wildman–Crippen MR) is 86.1 cm³/mol. The maximum Gasteiger partial charge on any atom is 0.513 e. The van der Waals surface area contributed by atoms with Crippen molar-refractivity contribution in [1.82, 2.24) is 0 Å². The maximum atomic E-state index is 13.6. The SMILES string of the molecule is CCOc1cccc(OC(=O)OC)c1COc1ccc(C)c(F)c1. The lowest BCUT2D eigenvalue weighted by Gasteiger charge is -2.15. The summed E-state index contributed by atoms with van der Waals surface area (Å²) in [6, 6.07) is 9.64. The molecule has 6 heteroatoms. The average molecular weight is 334 g/mol. The van der Waals surface area contributed by atoms with E-state index in [1.165, 1.54) is 13.2 Å². The average Bonchev–Trinajstić information content (AvgIpc) is 2.57. The van der Waals surface area contributed by atoms with Gasteiger partial charge in [-0.3, -0.25) is 0 Å². The molecule has 0 amide bonds. The normalized spacial score (nSPS) is 10.2. The van der Waals surface area contributed by atoms with Crippen molar-refractivity contribution in [2.45, 2.75) is 20.5 Å². The number of aryl methyl sites for hydroxylation is 1. The van der Waals surface area contributed by atoms with Crippen LogP contribution in [-0.4, -0.2) is 19.9 Å². The van der Waals surface area contributed by atoms with Crippen molar-refractivity contribution in [3.8, 4) is 17.2 Å². The first-order valence-electron chi connectivity index (χ1n) is 7.44. The lowest BCUT2D eigenvalue weighted by Crippen LogP contribution is -2.11. The Balaban J connectivity index is 2.24. The van der Waals surface area contributed by atoms with Crippen molar-refractivity contribution in [3.05, 3.63) is 53.3 Å².